The molecule has 5 nitrogen and oxygen atoms in total. The van der Waals surface area contributed by atoms with Crippen LogP contribution in [0.15, 0.2) is 139 Å². The molecule has 0 saturated carbocycles. The van der Waals surface area contributed by atoms with Crippen LogP contribution >= 0.6 is 0 Å². The molecule has 40 heavy (non-hydrogen) atoms. The summed E-state index contributed by atoms with van der Waals surface area (Å²) in [6.07, 6.45) is 8.77. The molecule has 8 rings (SSSR count). The molecular weight excluding hydrogens is 490 g/mol. The third kappa shape index (κ3) is 3.67. The van der Waals surface area contributed by atoms with Gasteiger partial charge in [0.05, 0.1) is 39.7 Å². The second-order valence-corrected chi connectivity index (χ2v) is 10.1. The van der Waals surface area contributed by atoms with Crippen LogP contribution in [0.25, 0.3) is 44.1 Å². The summed E-state index contributed by atoms with van der Waals surface area (Å²) in [6.45, 7) is 0. The average molecular weight is 516 g/mol. The largest absolute Gasteiger partial charge is 0.320 e. The van der Waals surface area contributed by atoms with E-state index in [0.29, 0.717) is 0 Å². The van der Waals surface area contributed by atoms with Gasteiger partial charge in [-0.3, -0.25) is 15.0 Å². The molecule has 0 amide bonds. The van der Waals surface area contributed by atoms with Gasteiger partial charge in [0.1, 0.15) is 0 Å². The van der Waals surface area contributed by atoms with Crippen molar-refractivity contribution in [2.45, 2.75) is 12.5 Å². The summed E-state index contributed by atoms with van der Waals surface area (Å²) in [6, 6.07) is 38.0. The third-order valence-electron chi connectivity index (χ3n) is 7.76. The fraction of sp³-hybridized carbons (Fsp3) is 0.0571. The van der Waals surface area contributed by atoms with Gasteiger partial charge in [0.2, 0.25) is 0 Å². The number of nitrogens with zero attached hydrogens (tertiary/aromatic N) is 5. The van der Waals surface area contributed by atoms with Crippen LogP contribution in [0.5, 0.6) is 0 Å². The van der Waals surface area contributed by atoms with Crippen LogP contribution in [0.1, 0.15) is 23.9 Å². The summed E-state index contributed by atoms with van der Waals surface area (Å²) in [5.74, 6) is 0. The molecule has 1 atom stereocenters. The molecule has 5 heteroatoms. The summed E-state index contributed by atoms with van der Waals surface area (Å²) in [4.78, 5) is 14.4. The maximum absolute atomic E-state index is 5.09. The topological polar surface area (TPSA) is 48.0 Å². The van der Waals surface area contributed by atoms with Crippen molar-refractivity contribution in [1.29, 1.82) is 0 Å². The number of hydrogen-bond donors (Lipinski definition) is 0. The third-order valence-corrected chi connectivity index (χ3v) is 7.76. The molecule has 7 aromatic rings. The van der Waals surface area contributed by atoms with E-state index < -0.39 is 0 Å². The van der Waals surface area contributed by atoms with Gasteiger partial charge >= 0.3 is 0 Å². The number of rotatable bonds is 4. The predicted molar refractivity (Wildman–Crippen MR) is 163 cm³/mol. The highest BCUT2D eigenvalue weighted by molar-refractivity contribution is 6.14. The van der Waals surface area contributed by atoms with Gasteiger partial charge in [-0.05, 0) is 66.7 Å². The van der Waals surface area contributed by atoms with Crippen molar-refractivity contribution in [2.24, 2.45) is 4.99 Å². The lowest BCUT2D eigenvalue weighted by molar-refractivity contribution is 0.702. The quantitative estimate of drug-likeness (QED) is 0.238. The van der Waals surface area contributed by atoms with E-state index in [1.165, 1.54) is 38.4 Å². The van der Waals surface area contributed by atoms with Gasteiger partial charge in [-0.15, -0.1) is 0 Å². The molecule has 3 aromatic carbocycles. The molecule has 1 aliphatic rings. The molecular formula is C35H25N5. The van der Waals surface area contributed by atoms with Crippen LogP contribution in [0.4, 0.5) is 0 Å². The standard InChI is InChI=1S/C35H25N5/c1-2-10-25(11-3-1)40-33-15-5-4-12-27(33)28-20-24-16-19-39(34(24)23-35(28)40)26-21-31(29-13-6-8-17-36-29)38-32(22-26)30-14-7-9-18-37-30/h1-21,23,32H,22H2. The highest BCUT2D eigenvalue weighted by Crippen LogP contribution is 2.38. The Morgan fingerprint density at radius 2 is 1.45 bits per heavy atom. The van der Waals surface area contributed by atoms with E-state index >= 15 is 0 Å². The zero-order valence-electron chi connectivity index (χ0n) is 21.7. The zero-order chi connectivity index (χ0) is 26.5. The monoisotopic (exact) mass is 515 g/mol. The van der Waals surface area contributed by atoms with Crippen LogP contribution in [-0.2, 0) is 0 Å². The number of benzene rings is 3. The van der Waals surface area contributed by atoms with Crippen molar-refractivity contribution in [1.82, 2.24) is 19.1 Å². The molecule has 5 heterocycles. The fourth-order valence-electron chi connectivity index (χ4n) is 5.94. The van der Waals surface area contributed by atoms with Crippen molar-refractivity contribution in [2.75, 3.05) is 0 Å². The van der Waals surface area contributed by atoms with E-state index in [-0.39, 0.29) is 6.04 Å². The molecule has 0 bridgehead atoms. The van der Waals surface area contributed by atoms with E-state index in [4.69, 9.17) is 4.99 Å². The highest BCUT2D eigenvalue weighted by Gasteiger charge is 2.23. The minimum absolute atomic E-state index is 0.0878. The number of aliphatic imine (C=N–C) groups is 1. The Morgan fingerprint density at radius 3 is 2.27 bits per heavy atom. The second-order valence-electron chi connectivity index (χ2n) is 10.1. The van der Waals surface area contributed by atoms with Gasteiger partial charge in [-0.25, -0.2) is 0 Å². The Bertz CT molecular complexity index is 2070. The van der Waals surface area contributed by atoms with Crippen molar-refractivity contribution < 1.29 is 0 Å². The van der Waals surface area contributed by atoms with Crippen molar-refractivity contribution in [3.8, 4) is 5.69 Å². The number of allylic oxidation sites excluding steroid dienone is 1. The first-order valence-corrected chi connectivity index (χ1v) is 13.5. The number of para-hydroxylation sites is 2. The van der Waals surface area contributed by atoms with Gasteiger partial charge in [-0.1, -0.05) is 48.5 Å². The molecule has 1 unspecified atom stereocenters. The van der Waals surface area contributed by atoms with Crippen LogP contribution in [0.3, 0.4) is 0 Å². The number of pyridine rings is 2. The first-order valence-electron chi connectivity index (χ1n) is 13.5. The summed E-state index contributed by atoms with van der Waals surface area (Å²) in [5, 5.41) is 3.72. The van der Waals surface area contributed by atoms with Crippen molar-refractivity contribution >= 4 is 44.1 Å². The minimum atomic E-state index is -0.0878. The smallest absolute Gasteiger partial charge is 0.0982 e. The Balaban J connectivity index is 1.34. The average Bonchev–Trinajstić information content (AvgIpc) is 3.59. The Kier molecular flexibility index (Phi) is 5.20. The highest BCUT2D eigenvalue weighted by atomic mass is 15.0. The lowest BCUT2D eigenvalue weighted by Gasteiger charge is -2.22. The fourth-order valence-corrected chi connectivity index (χ4v) is 5.94. The SMILES string of the molecule is C1=C(n2ccc3cc4c5ccccc5n(-c5ccccc5)c4cc32)CC(c2ccccn2)N=C1c1ccccn1. The van der Waals surface area contributed by atoms with E-state index in [1.807, 2.05) is 42.7 Å². The summed E-state index contributed by atoms with van der Waals surface area (Å²) >= 11 is 0. The molecule has 190 valence electrons. The maximum Gasteiger partial charge on any atom is 0.0982 e. The lowest BCUT2D eigenvalue weighted by atomic mass is 10.0. The van der Waals surface area contributed by atoms with Crippen molar-refractivity contribution in [3.63, 3.8) is 0 Å². The molecule has 0 spiro atoms. The number of hydrogen-bond acceptors (Lipinski definition) is 3. The molecule has 1 aliphatic heterocycles. The summed E-state index contributed by atoms with van der Waals surface area (Å²) in [5.41, 5.74) is 8.59. The van der Waals surface area contributed by atoms with Gasteiger partial charge in [0, 0.05) is 52.6 Å². The Labute approximate surface area is 231 Å². The van der Waals surface area contributed by atoms with E-state index in [9.17, 15) is 0 Å². The molecule has 0 radical (unpaired) electrons. The van der Waals surface area contributed by atoms with Crippen molar-refractivity contribution in [3.05, 3.63) is 145 Å². The lowest BCUT2D eigenvalue weighted by Crippen LogP contribution is -2.14. The van der Waals surface area contributed by atoms with E-state index in [2.05, 4.69) is 110 Å². The predicted octanol–water partition coefficient (Wildman–Crippen LogP) is 8.00. The molecule has 0 saturated heterocycles. The number of dihydropyridines is 1. The van der Waals surface area contributed by atoms with Crippen LogP contribution in [-0.4, -0.2) is 24.8 Å². The molecule has 4 aromatic heterocycles. The number of fused-ring (bicyclic) bond motifs is 4. The summed E-state index contributed by atoms with van der Waals surface area (Å²) in [7, 11) is 0. The normalized spacial score (nSPS) is 15.4. The molecule has 0 aliphatic carbocycles. The van der Waals surface area contributed by atoms with Gasteiger partial charge < -0.3 is 9.13 Å². The van der Waals surface area contributed by atoms with Crippen LogP contribution in [0.2, 0.25) is 0 Å². The first kappa shape index (κ1) is 22.7. The van der Waals surface area contributed by atoms with Gasteiger partial charge in [0.15, 0.2) is 0 Å². The minimum Gasteiger partial charge on any atom is -0.320 e. The zero-order valence-corrected chi connectivity index (χ0v) is 21.7. The number of aromatic nitrogens is 4. The Morgan fingerprint density at radius 1 is 0.650 bits per heavy atom. The van der Waals surface area contributed by atoms with Crippen LogP contribution in [0, 0.1) is 0 Å². The van der Waals surface area contributed by atoms with Gasteiger partial charge in [0.25, 0.3) is 0 Å². The second kappa shape index (κ2) is 9.17. The van der Waals surface area contributed by atoms with E-state index in [0.717, 1.165) is 29.2 Å². The molecule has 0 N–H and O–H groups in total. The molecule has 0 fully saturated rings. The Hall–Kier alpha value is -5.29. The first-order chi connectivity index (χ1) is 19.8. The van der Waals surface area contributed by atoms with E-state index in [1.54, 1.807) is 0 Å². The maximum atomic E-state index is 5.09. The summed E-state index contributed by atoms with van der Waals surface area (Å²) < 4.78 is 4.68. The van der Waals surface area contributed by atoms with Crippen LogP contribution < -0.4 is 0 Å². The van der Waals surface area contributed by atoms with Gasteiger partial charge in [-0.2, -0.15) is 0 Å².